The molecule has 0 fully saturated rings. The van der Waals surface area contributed by atoms with Gasteiger partial charge in [0.15, 0.2) is 17.4 Å². The van der Waals surface area contributed by atoms with Crippen LogP contribution in [0.4, 0.5) is 8.78 Å². The molecule has 98 valence electrons. The zero-order chi connectivity index (χ0) is 14.0. The Hall–Kier alpha value is -2.01. The summed E-state index contributed by atoms with van der Waals surface area (Å²) in [5.74, 6) is -1.75. The van der Waals surface area contributed by atoms with Crippen molar-refractivity contribution in [2.24, 2.45) is 5.73 Å². The summed E-state index contributed by atoms with van der Waals surface area (Å²) >= 11 is 4.68. The van der Waals surface area contributed by atoms with Gasteiger partial charge in [0.25, 0.3) is 0 Å². The molecule has 2 N–H and O–H groups in total. The van der Waals surface area contributed by atoms with Gasteiger partial charge < -0.3 is 10.5 Å². The first-order valence-corrected chi connectivity index (χ1v) is 5.92. The maximum absolute atomic E-state index is 13.8. The minimum absolute atomic E-state index is 0.0692. The summed E-state index contributed by atoms with van der Waals surface area (Å²) in [5.41, 5.74) is 6.24. The number of benzene rings is 2. The topological polar surface area (TPSA) is 35.2 Å². The van der Waals surface area contributed by atoms with E-state index in [4.69, 9.17) is 10.5 Å². The van der Waals surface area contributed by atoms with E-state index in [1.54, 1.807) is 25.1 Å². The van der Waals surface area contributed by atoms with Crippen molar-refractivity contribution in [1.82, 2.24) is 0 Å². The summed E-state index contributed by atoms with van der Waals surface area (Å²) < 4.78 is 32.9. The number of para-hydroxylation sites is 1. The molecule has 0 atom stereocenters. The fraction of sp³-hybridized carbons (Fsp3) is 0.0714. The van der Waals surface area contributed by atoms with Crippen molar-refractivity contribution in [3.05, 3.63) is 59.2 Å². The van der Waals surface area contributed by atoms with Gasteiger partial charge in [-0.05, 0) is 30.7 Å². The van der Waals surface area contributed by atoms with Crippen LogP contribution >= 0.6 is 12.2 Å². The monoisotopic (exact) mass is 279 g/mol. The van der Waals surface area contributed by atoms with E-state index in [1.165, 1.54) is 0 Å². The van der Waals surface area contributed by atoms with E-state index in [1.807, 2.05) is 6.07 Å². The molecule has 2 aromatic rings. The number of ether oxygens (including phenoxy) is 1. The number of hydrogen-bond donors (Lipinski definition) is 1. The first-order chi connectivity index (χ1) is 8.99. The molecule has 0 unspecified atom stereocenters. The van der Waals surface area contributed by atoms with Crippen LogP contribution < -0.4 is 10.5 Å². The zero-order valence-electron chi connectivity index (χ0n) is 10.1. The average Bonchev–Trinajstić information content (AvgIpc) is 2.35. The van der Waals surface area contributed by atoms with Crippen molar-refractivity contribution in [3.63, 3.8) is 0 Å². The third kappa shape index (κ3) is 2.88. The summed E-state index contributed by atoms with van der Waals surface area (Å²) in [4.78, 5) is -0.0692. The molecule has 0 heterocycles. The average molecular weight is 279 g/mol. The fourth-order valence-corrected chi connectivity index (χ4v) is 1.70. The molecule has 0 spiro atoms. The fourth-order valence-electron chi connectivity index (χ4n) is 1.58. The van der Waals surface area contributed by atoms with E-state index in [9.17, 15) is 8.78 Å². The Morgan fingerprint density at radius 2 is 1.74 bits per heavy atom. The SMILES string of the molecule is Cc1ccccc1Oc1c(F)cc(C(N)=S)cc1F. The van der Waals surface area contributed by atoms with Crippen molar-refractivity contribution in [1.29, 1.82) is 0 Å². The molecule has 0 saturated carbocycles. The summed E-state index contributed by atoms with van der Waals surface area (Å²) in [6.07, 6.45) is 0. The molecular formula is C14H11F2NOS. The molecule has 0 radical (unpaired) electrons. The smallest absolute Gasteiger partial charge is 0.198 e. The van der Waals surface area contributed by atoms with Crippen LogP contribution in [-0.2, 0) is 0 Å². The number of hydrogen-bond acceptors (Lipinski definition) is 2. The molecule has 0 amide bonds. The van der Waals surface area contributed by atoms with Crippen molar-refractivity contribution in [3.8, 4) is 11.5 Å². The minimum Gasteiger partial charge on any atom is -0.451 e. The first kappa shape index (κ1) is 13.4. The summed E-state index contributed by atoms with van der Waals surface area (Å²) in [6.45, 7) is 1.79. The third-order valence-electron chi connectivity index (χ3n) is 2.59. The molecule has 0 aliphatic heterocycles. The number of nitrogens with two attached hydrogens (primary N) is 1. The Balaban J connectivity index is 2.42. The van der Waals surface area contributed by atoms with Gasteiger partial charge >= 0.3 is 0 Å². The maximum Gasteiger partial charge on any atom is 0.198 e. The normalized spacial score (nSPS) is 10.3. The summed E-state index contributed by atoms with van der Waals surface area (Å²) in [7, 11) is 0. The van der Waals surface area contributed by atoms with Gasteiger partial charge in [-0.3, -0.25) is 0 Å². The lowest BCUT2D eigenvalue weighted by atomic mass is 10.2. The molecule has 19 heavy (non-hydrogen) atoms. The number of rotatable bonds is 3. The Morgan fingerprint density at radius 3 is 2.26 bits per heavy atom. The second-order valence-electron chi connectivity index (χ2n) is 4.00. The quantitative estimate of drug-likeness (QED) is 0.870. The van der Waals surface area contributed by atoms with Crippen LogP contribution in [0.2, 0.25) is 0 Å². The number of halogens is 2. The molecule has 2 nitrogen and oxygen atoms in total. The molecule has 0 bridgehead atoms. The predicted molar refractivity (Wildman–Crippen MR) is 73.5 cm³/mol. The molecule has 0 aliphatic carbocycles. The lowest BCUT2D eigenvalue weighted by molar-refractivity contribution is 0.405. The largest absolute Gasteiger partial charge is 0.451 e. The van der Waals surface area contributed by atoms with Gasteiger partial charge in [0.2, 0.25) is 0 Å². The summed E-state index contributed by atoms with van der Waals surface area (Å²) in [5, 5.41) is 0. The lowest BCUT2D eigenvalue weighted by Gasteiger charge is -2.11. The minimum atomic E-state index is -0.842. The molecule has 5 heteroatoms. The Bertz CT molecular complexity index is 620. The van der Waals surface area contributed by atoms with Crippen LogP contribution in [0, 0.1) is 18.6 Å². The van der Waals surface area contributed by atoms with Gasteiger partial charge in [-0.2, -0.15) is 0 Å². The van der Waals surface area contributed by atoms with Gasteiger partial charge in [0.05, 0.1) is 0 Å². The number of aryl methyl sites for hydroxylation is 1. The van der Waals surface area contributed by atoms with Crippen molar-refractivity contribution >= 4 is 17.2 Å². The second-order valence-corrected chi connectivity index (χ2v) is 4.44. The van der Waals surface area contributed by atoms with E-state index in [0.717, 1.165) is 17.7 Å². The van der Waals surface area contributed by atoms with Crippen LogP contribution in [0.3, 0.4) is 0 Å². The van der Waals surface area contributed by atoms with E-state index >= 15 is 0 Å². The van der Waals surface area contributed by atoms with Gasteiger partial charge in [-0.15, -0.1) is 0 Å². The van der Waals surface area contributed by atoms with E-state index in [2.05, 4.69) is 12.2 Å². The van der Waals surface area contributed by atoms with Crippen molar-refractivity contribution < 1.29 is 13.5 Å². The predicted octanol–water partition coefficient (Wildman–Crippen LogP) is 3.70. The maximum atomic E-state index is 13.8. The van der Waals surface area contributed by atoms with E-state index in [-0.39, 0.29) is 10.6 Å². The van der Waals surface area contributed by atoms with Gasteiger partial charge in [0.1, 0.15) is 10.7 Å². The first-order valence-electron chi connectivity index (χ1n) is 5.51. The highest BCUT2D eigenvalue weighted by atomic mass is 32.1. The van der Waals surface area contributed by atoms with E-state index < -0.39 is 17.4 Å². The Kier molecular flexibility index (Phi) is 3.76. The van der Waals surface area contributed by atoms with Gasteiger partial charge in [-0.25, -0.2) is 8.78 Å². The van der Waals surface area contributed by atoms with Gasteiger partial charge in [-0.1, -0.05) is 30.4 Å². The molecule has 0 saturated heterocycles. The highest BCUT2D eigenvalue weighted by molar-refractivity contribution is 7.80. The van der Waals surface area contributed by atoms with Crippen molar-refractivity contribution in [2.45, 2.75) is 6.92 Å². The standard InChI is InChI=1S/C14H11F2NOS/c1-8-4-2-3-5-12(8)18-13-10(15)6-9(14(17)19)7-11(13)16/h2-7H,1H3,(H2,17,19). The van der Waals surface area contributed by atoms with Crippen LogP contribution in [0.5, 0.6) is 11.5 Å². The van der Waals surface area contributed by atoms with Crippen LogP contribution in [-0.4, -0.2) is 4.99 Å². The van der Waals surface area contributed by atoms with E-state index in [0.29, 0.717) is 5.75 Å². The number of thiocarbonyl (C=S) groups is 1. The Labute approximate surface area is 114 Å². The zero-order valence-corrected chi connectivity index (χ0v) is 10.9. The van der Waals surface area contributed by atoms with Crippen LogP contribution in [0.1, 0.15) is 11.1 Å². The third-order valence-corrected chi connectivity index (χ3v) is 2.82. The second kappa shape index (κ2) is 5.32. The molecule has 2 aromatic carbocycles. The molecule has 0 aromatic heterocycles. The molecule has 2 rings (SSSR count). The van der Waals surface area contributed by atoms with Crippen LogP contribution in [0.15, 0.2) is 36.4 Å². The lowest BCUT2D eigenvalue weighted by Crippen LogP contribution is -2.10. The highest BCUT2D eigenvalue weighted by Gasteiger charge is 2.15. The van der Waals surface area contributed by atoms with Crippen LogP contribution in [0.25, 0.3) is 0 Å². The Morgan fingerprint density at radius 1 is 1.16 bits per heavy atom. The summed E-state index contributed by atoms with van der Waals surface area (Å²) in [6, 6.07) is 9.06. The molecular weight excluding hydrogens is 268 g/mol. The highest BCUT2D eigenvalue weighted by Crippen LogP contribution is 2.30. The van der Waals surface area contributed by atoms with Crippen molar-refractivity contribution in [2.75, 3.05) is 0 Å². The molecule has 0 aliphatic rings. The van der Waals surface area contributed by atoms with Gasteiger partial charge in [0, 0.05) is 5.56 Å².